The standard InChI is InChI=1S/C51H32N4O/c1-3-15-33(16-4-1)49-52-50(34-17-5-2-6-18-34)54-51(53-49)37-21-11-19-35(31-37)39-25-13-27-43-44-28-14-26-40(48(44)56-47(39)43)36-20-12-22-38(32-36)55-45-29-9-7-23-41(45)42-24-8-10-30-46(42)55/h1-32H. The molecule has 11 aromatic rings. The molecule has 0 amide bonds. The Balaban J connectivity index is 1.03. The van der Waals surface area contributed by atoms with Gasteiger partial charge in [0.1, 0.15) is 11.2 Å². The summed E-state index contributed by atoms with van der Waals surface area (Å²) in [6.45, 7) is 0. The van der Waals surface area contributed by atoms with Crippen LogP contribution in [0.3, 0.4) is 0 Å². The van der Waals surface area contributed by atoms with E-state index in [-0.39, 0.29) is 0 Å². The first-order chi connectivity index (χ1) is 27.8. The molecule has 0 fully saturated rings. The van der Waals surface area contributed by atoms with E-state index in [0.29, 0.717) is 17.5 Å². The molecular formula is C51H32N4O. The van der Waals surface area contributed by atoms with Gasteiger partial charge in [0.15, 0.2) is 17.5 Å². The third kappa shape index (κ3) is 5.29. The number of para-hydroxylation sites is 4. The highest BCUT2D eigenvalue weighted by atomic mass is 16.3. The van der Waals surface area contributed by atoms with Gasteiger partial charge >= 0.3 is 0 Å². The molecule has 8 aromatic carbocycles. The average Bonchev–Trinajstić information content (AvgIpc) is 3.83. The summed E-state index contributed by atoms with van der Waals surface area (Å²) in [7, 11) is 0. The van der Waals surface area contributed by atoms with Crippen LogP contribution in [0.5, 0.6) is 0 Å². The average molecular weight is 717 g/mol. The molecule has 0 aliphatic rings. The van der Waals surface area contributed by atoms with Crippen LogP contribution >= 0.6 is 0 Å². The number of aromatic nitrogens is 4. The minimum absolute atomic E-state index is 0.613. The van der Waals surface area contributed by atoms with Crippen molar-refractivity contribution in [3.63, 3.8) is 0 Å². The normalized spacial score (nSPS) is 11.6. The van der Waals surface area contributed by atoms with E-state index >= 15 is 0 Å². The third-order valence-electron chi connectivity index (χ3n) is 10.7. The molecule has 0 unspecified atom stereocenters. The molecule has 0 radical (unpaired) electrons. The molecule has 0 saturated carbocycles. The monoisotopic (exact) mass is 716 g/mol. The lowest BCUT2D eigenvalue weighted by atomic mass is 9.99. The van der Waals surface area contributed by atoms with E-state index < -0.39 is 0 Å². The van der Waals surface area contributed by atoms with Gasteiger partial charge in [-0.2, -0.15) is 0 Å². The zero-order valence-corrected chi connectivity index (χ0v) is 30.2. The maximum absolute atomic E-state index is 6.95. The Hall–Kier alpha value is -7.63. The van der Waals surface area contributed by atoms with Crippen molar-refractivity contribution in [2.45, 2.75) is 0 Å². The molecule has 56 heavy (non-hydrogen) atoms. The molecule has 3 aromatic heterocycles. The molecule has 262 valence electrons. The molecule has 5 heteroatoms. The van der Waals surface area contributed by atoms with Gasteiger partial charge in [-0.15, -0.1) is 0 Å². The van der Waals surface area contributed by atoms with Crippen molar-refractivity contribution in [2.75, 3.05) is 0 Å². The lowest BCUT2D eigenvalue weighted by Crippen LogP contribution is -2.00. The van der Waals surface area contributed by atoms with Gasteiger partial charge < -0.3 is 8.98 Å². The molecule has 0 spiro atoms. The summed E-state index contributed by atoms with van der Waals surface area (Å²) in [5.74, 6) is 1.88. The summed E-state index contributed by atoms with van der Waals surface area (Å²) in [5.41, 5.74) is 12.1. The van der Waals surface area contributed by atoms with Gasteiger partial charge in [-0.1, -0.05) is 164 Å². The van der Waals surface area contributed by atoms with E-state index in [4.69, 9.17) is 19.4 Å². The van der Waals surface area contributed by atoms with Crippen molar-refractivity contribution in [2.24, 2.45) is 0 Å². The Labute approximate surface area is 322 Å². The molecular weight excluding hydrogens is 685 g/mol. The van der Waals surface area contributed by atoms with E-state index in [2.05, 4.69) is 138 Å². The largest absolute Gasteiger partial charge is 0.455 e. The number of fused-ring (bicyclic) bond motifs is 6. The molecule has 0 aliphatic heterocycles. The van der Waals surface area contributed by atoms with Crippen molar-refractivity contribution >= 4 is 43.7 Å². The molecule has 0 N–H and O–H groups in total. The maximum Gasteiger partial charge on any atom is 0.164 e. The van der Waals surface area contributed by atoms with Crippen LogP contribution in [-0.2, 0) is 0 Å². The zero-order chi connectivity index (χ0) is 37.0. The van der Waals surface area contributed by atoms with Crippen molar-refractivity contribution in [3.8, 4) is 62.1 Å². The Morgan fingerprint density at radius 1 is 0.321 bits per heavy atom. The Bertz CT molecular complexity index is 3140. The van der Waals surface area contributed by atoms with E-state index in [0.717, 1.165) is 66.6 Å². The highest BCUT2D eigenvalue weighted by molar-refractivity contribution is 6.13. The second kappa shape index (κ2) is 13.0. The van der Waals surface area contributed by atoms with Crippen LogP contribution < -0.4 is 0 Å². The van der Waals surface area contributed by atoms with E-state index in [1.165, 1.54) is 21.8 Å². The quantitative estimate of drug-likeness (QED) is 0.172. The van der Waals surface area contributed by atoms with Crippen LogP contribution in [0.1, 0.15) is 0 Å². The van der Waals surface area contributed by atoms with Crippen molar-refractivity contribution in [3.05, 3.63) is 194 Å². The van der Waals surface area contributed by atoms with Gasteiger partial charge in [0.2, 0.25) is 0 Å². The molecule has 0 saturated heterocycles. The van der Waals surface area contributed by atoms with E-state index in [9.17, 15) is 0 Å². The van der Waals surface area contributed by atoms with Crippen molar-refractivity contribution in [1.82, 2.24) is 19.5 Å². The van der Waals surface area contributed by atoms with Crippen molar-refractivity contribution in [1.29, 1.82) is 0 Å². The van der Waals surface area contributed by atoms with Gasteiger partial charge in [-0.05, 0) is 41.5 Å². The molecule has 3 heterocycles. The van der Waals surface area contributed by atoms with Crippen LogP contribution in [0.4, 0.5) is 0 Å². The third-order valence-corrected chi connectivity index (χ3v) is 10.7. The van der Waals surface area contributed by atoms with Crippen LogP contribution in [0.25, 0.3) is 106 Å². The molecule has 0 bridgehead atoms. The summed E-state index contributed by atoms with van der Waals surface area (Å²) in [6, 6.07) is 67.4. The fourth-order valence-electron chi connectivity index (χ4n) is 8.05. The van der Waals surface area contributed by atoms with Gasteiger partial charge in [0.25, 0.3) is 0 Å². The lowest BCUT2D eigenvalue weighted by Gasteiger charge is -2.10. The highest BCUT2D eigenvalue weighted by Gasteiger charge is 2.19. The van der Waals surface area contributed by atoms with Crippen LogP contribution in [0, 0.1) is 0 Å². The fraction of sp³-hybridized carbons (Fsp3) is 0. The first kappa shape index (κ1) is 31.9. The first-order valence-corrected chi connectivity index (χ1v) is 18.8. The second-order valence-electron chi connectivity index (χ2n) is 14.0. The number of rotatable bonds is 6. The SMILES string of the molecule is c1ccc(-c2nc(-c3ccccc3)nc(-c3cccc(-c4cccc5c4oc4c(-c6cccc(-n7c8ccccc8c8ccccc87)c6)cccc45)c3)n2)cc1. The minimum atomic E-state index is 0.613. The summed E-state index contributed by atoms with van der Waals surface area (Å²) in [5, 5.41) is 4.64. The Morgan fingerprint density at radius 2 is 0.732 bits per heavy atom. The topological polar surface area (TPSA) is 56.7 Å². The zero-order valence-electron chi connectivity index (χ0n) is 30.2. The predicted octanol–water partition coefficient (Wildman–Crippen LogP) is 13.2. The lowest BCUT2D eigenvalue weighted by molar-refractivity contribution is 0.671. The number of nitrogens with zero attached hydrogens (tertiary/aromatic N) is 4. The van der Waals surface area contributed by atoms with Crippen LogP contribution in [0.2, 0.25) is 0 Å². The summed E-state index contributed by atoms with van der Waals surface area (Å²) >= 11 is 0. The Kier molecular flexibility index (Phi) is 7.42. The van der Waals surface area contributed by atoms with Gasteiger partial charge in [0.05, 0.1) is 11.0 Å². The van der Waals surface area contributed by atoms with Crippen LogP contribution in [-0.4, -0.2) is 19.5 Å². The van der Waals surface area contributed by atoms with Gasteiger partial charge in [-0.25, -0.2) is 15.0 Å². The molecule has 0 atom stereocenters. The van der Waals surface area contributed by atoms with E-state index in [1.54, 1.807) is 0 Å². The second-order valence-corrected chi connectivity index (χ2v) is 14.0. The Morgan fingerprint density at radius 3 is 1.30 bits per heavy atom. The molecule has 0 aliphatic carbocycles. The predicted molar refractivity (Wildman–Crippen MR) is 229 cm³/mol. The summed E-state index contributed by atoms with van der Waals surface area (Å²) in [4.78, 5) is 14.9. The smallest absolute Gasteiger partial charge is 0.164 e. The van der Waals surface area contributed by atoms with Crippen molar-refractivity contribution < 1.29 is 4.42 Å². The first-order valence-electron chi connectivity index (χ1n) is 18.8. The maximum atomic E-state index is 6.95. The number of hydrogen-bond donors (Lipinski definition) is 0. The van der Waals surface area contributed by atoms with Gasteiger partial charge in [0, 0.05) is 55.0 Å². The molecule has 5 nitrogen and oxygen atoms in total. The minimum Gasteiger partial charge on any atom is -0.455 e. The highest BCUT2D eigenvalue weighted by Crippen LogP contribution is 2.41. The summed E-state index contributed by atoms with van der Waals surface area (Å²) < 4.78 is 9.30. The number of hydrogen-bond acceptors (Lipinski definition) is 4. The van der Waals surface area contributed by atoms with Gasteiger partial charge in [-0.3, -0.25) is 0 Å². The summed E-state index contributed by atoms with van der Waals surface area (Å²) in [6.07, 6.45) is 0. The fourth-order valence-corrected chi connectivity index (χ4v) is 8.05. The number of furan rings is 1. The van der Waals surface area contributed by atoms with Crippen LogP contribution in [0.15, 0.2) is 199 Å². The molecule has 11 rings (SSSR count). The van der Waals surface area contributed by atoms with E-state index in [1.807, 2.05) is 60.7 Å². The number of benzene rings is 8.